The Bertz CT molecular complexity index is 328. The molecular formula is C11H22ClN3O. The number of halogens is 1. The van der Waals surface area contributed by atoms with E-state index in [0.29, 0.717) is 11.7 Å². The maximum absolute atomic E-state index is 6.11. The minimum Gasteiger partial charge on any atom is -0.337 e. The summed E-state index contributed by atoms with van der Waals surface area (Å²) in [4.78, 5) is 4.37. The molecule has 1 rings (SSSR count). The van der Waals surface area contributed by atoms with Gasteiger partial charge in [-0.25, -0.2) is 0 Å². The third kappa shape index (κ3) is 3.46. The first kappa shape index (κ1) is 15.4. The summed E-state index contributed by atoms with van der Waals surface area (Å²) in [6.45, 7) is 10.2. The Morgan fingerprint density at radius 2 is 1.81 bits per heavy atom. The molecule has 0 aliphatic rings. The van der Waals surface area contributed by atoms with E-state index < -0.39 is 5.54 Å². The second kappa shape index (κ2) is 5.15. The molecule has 0 amide bonds. The summed E-state index contributed by atoms with van der Waals surface area (Å²) >= 11 is 0. The lowest BCUT2D eigenvalue weighted by Gasteiger charge is -2.18. The highest BCUT2D eigenvalue weighted by molar-refractivity contribution is 5.85. The Morgan fingerprint density at radius 1 is 1.25 bits per heavy atom. The molecule has 0 fully saturated rings. The quantitative estimate of drug-likeness (QED) is 0.892. The molecule has 1 aromatic rings. The topological polar surface area (TPSA) is 64.9 Å². The summed E-state index contributed by atoms with van der Waals surface area (Å²) in [6, 6.07) is 0. The Labute approximate surface area is 103 Å². The molecule has 0 aliphatic heterocycles. The molecule has 0 bridgehead atoms. The molecular weight excluding hydrogens is 226 g/mol. The average molecular weight is 248 g/mol. The molecule has 5 heteroatoms. The molecule has 0 saturated carbocycles. The van der Waals surface area contributed by atoms with Crippen LogP contribution in [0, 0.1) is 0 Å². The van der Waals surface area contributed by atoms with Crippen molar-refractivity contribution in [3.63, 3.8) is 0 Å². The van der Waals surface area contributed by atoms with Gasteiger partial charge in [0.25, 0.3) is 0 Å². The monoisotopic (exact) mass is 247 g/mol. The zero-order valence-corrected chi connectivity index (χ0v) is 11.5. The standard InChI is InChI=1S/C11H21N3O.ClH/c1-6-7-11(5,12)9-13-8(14-15-9)10(2,3)4;/h6-7,12H2,1-5H3;1H. The van der Waals surface area contributed by atoms with Gasteiger partial charge in [0, 0.05) is 5.41 Å². The molecule has 1 heterocycles. The van der Waals surface area contributed by atoms with Gasteiger partial charge in [0.05, 0.1) is 5.54 Å². The molecule has 94 valence electrons. The number of hydrogen-bond donors (Lipinski definition) is 1. The van der Waals surface area contributed by atoms with Crippen molar-refractivity contribution in [2.45, 2.75) is 58.4 Å². The third-order valence-electron chi connectivity index (χ3n) is 2.35. The largest absolute Gasteiger partial charge is 0.337 e. The Morgan fingerprint density at radius 3 is 2.19 bits per heavy atom. The van der Waals surface area contributed by atoms with Gasteiger partial charge in [-0.2, -0.15) is 4.98 Å². The molecule has 1 aromatic heterocycles. The van der Waals surface area contributed by atoms with Gasteiger partial charge in [-0.1, -0.05) is 39.3 Å². The van der Waals surface area contributed by atoms with Crippen LogP contribution in [0.4, 0.5) is 0 Å². The predicted octanol–water partition coefficient (Wildman–Crippen LogP) is 2.76. The van der Waals surface area contributed by atoms with E-state index >= 15 is 0 Å². The van der Waals surface area contributed by atoms with Crippen LogP contribution in [0.2, 0.25) is 0 Å². The number of hydrogen-bond acceptors (Lipinski definition) is 4. The van der Waals surface area contributed by atoms with Gasteiger partial charge in [0.15, 0.2) is 5.82 Å². The van der Waals surface area contributed by atoms with E-state index in [4.69, 9.17) is 10.3 Å². The molecule has 0 saturated heterocycles. The van der Waals surface area contributed by atoms with E-state index in [1.54, 1.807) is 0 Å². The summed E-state index contributed by atoms with van der Waals surface area (Å²) in [6.07, 6.45) is 1.85. The molecule has 2 N–H and O–H groups in total. The molecule has 1 atom stereocenters. The van der Waals surface area contributed by atoms with E-state index in [0.717, 1.165) is 12.8 Å². The third-order valence-corrected chi connectivity index (χ3v) is 2.35. The summed E-state index contributed by atoms with van der Waals surface area (Å²) < 4.78 is 5.22. The molecule has 0 spiro atoms. The first-order valence-corrected chi connectivity index (χ1v) is 5.41. The summed E-state index contributed by atoms with van der Waals surface area (Å²) in [7, 11) is 0. The van der Waals surface area contributed by atoms with Crippen LogP contribution in [-0.4, -0.2) is 10.1 Å². The maximum atomic E-state index is 6.11. The van der Waals surface area contributed by atoms with Crippen molar-refractivity contribution in [3.05, 3.63) is 11.7 Å². The van der Waals surface area contributed by atoms with Gasteiger partial charge < -0.3 is 10.3 Å². The fourth-order valence-corrected chi connectivity index (χ4v) is 1.39. The summed E-state index contributed by atoms with van der Waals surface area (Å²) in [5, 5.41) is 3.97. The van der Waals surface area contributed by atoms with Crippen molar-refractivity contribution in [2.75, 3.05) is 0 Å². The van der Waals surface area contributed by atoms with E-state index in [1.165, 1.54) is 0 Å². The highest BCUT2D eigenvalue weighted by Crippen LogP contribution is 2.25. The predicted molar refractivity (Wildman–Crippen MR) is 66.7 cm³/mol. The maximum Gasteiger partial charge on any atom is 0.246 e. The van der Waals surface area contributed by atoms with Gasteiger partial charge in [-0.05, 0) is 13.3 Å². The second-order valence-electron chi connectivity index (χ2n) is 5.34. The van der Waals surface area contributed by atoms with Crippen molar-refractivity contribution in [1.29, 1.82) is 0 Å². The van der Waals surface area contributed by atoms with Crippen LogP contribution < -0.4 is 5.73 Å². The highest BCUT2D eigenvalue weighted by atomic mass is 35.5. The van der Waals surface area contributed by atoms with Gasteiger partial charge in [0.2, 0.25) is 5.89 Å². The van der Waals surface area contributed by atoms with Gasteiger partial charge in [-0.3, -0.25) is 0 Å². The fourth-order valence-electron chi connectivity index (χ4n) is 1.39. The van der Waals surface area contributed by atoms with Crippen molar-refractivity contribution in [2.24, 2.45) is 5.73 Å². The average Bonchev–Trinajstić information content (AvgIpc) is 2.50. The van der Waals surface area contributed by atoms with Crippen LogP contribution in [-0.2, 0) is 11.0 Å². The Balaban J connectivity index is 0.00000225. The zero-order valence-electron chi connectivity index (χ0n) is 10.7. The van der Waals surface area contributed by atoms with E-state index in [2.05, 4.69) is 37.8 Å². The van der Waals surface area contributed by atoms with Crippen molar-refractivity contribution >= 4 is 12.4 Å². The summed E-state index contributed by atoms with van der Waals surface area (Å²) in [5.41, 5.74) is 5.51. The fraction of sp³-hybridized carbons (Fsp3) is 0.818. The van der Waals surface area contributed by atoms with Crippen LogP contribution >= 0.6 is 12.4 Å². The molecule has 4 nitrogen and oxygen atoms in total. The zero-order chi connectivity index (χ0) is 11.7. The van der Waals surface area contributed by atoms with Crippen LogP contribution in [0.1, 0.15) is 59.2 Å². The van der Waals surface area contributed by atoms with Crippen LogP contribution in [0.25, 0.3) is 0 Å². The number of aromatic nitrogens is 2. The molecule has 1 unspecified atom stereocenters. The molecule has 0 aliphatic carbocycles. The molecule has 0 aromatic carbocycles. The molecule has 0 radical (unpaired) electrons. The SMILES string of the molecule is CCCC(C)(N)c1nc(C(C)(C)C)no1.Cl. The van der Waals surface area contributed by atoms with E-state index in [1.807, 2.05) is 6.92 Å². The van der Waals surface area contributed by atoms with Crippen molar-refractivity contribution in [3.8, 4) is 0 Å². The number of rotatable bonds is 3. The van der Waals surface area contributed by atoms with Crippen LogP contribution in [0.3, 0.4) is 0 Å². The van der Waals surface area contributed by atoms with Gasteiger partial charge in [-0.15, -0.1) is 12.4 Å². The lowest BCUT2D eigenvalue weighted by Crippen LogP contribution is -2.33. The van der Waals surface area contributed by atoms with Crippen LogP contribution in [0.15, 0.2) is 4.52 Å². The van der Waals surface area contributed by atoms with Crippen molar-refractivity contribution in [1.82, 2.24) is 10.1 Å². The smallest absolute Gasteiger partial charge is 0.246 e. The molecule has 16 heavy (non-hydrogen) atoms. The van der Waals surface area contributed by atoms with Gasteiger partial charge >= 0.3 is 0 Å². The minimum absolute atomic E-state index is 0. The normalized spacial score (nSPS) is 15.4. The van der Waals surface area contributed by atoms with Gasteiger partial charge in [0.1, 0.15) is 0 Å². The Kier molecular flexibility index (Phi) is 4.95. The Hall–Kier alpha value is -0.610. The first-order chi connectivity index (χ1) is 6.77. The number of nitrogens with two attached hydrogens (primary N) is 1. The van der Waals surface area contributed by atoms with Crippen LogP contribution in [0.5, 0.6) is 0 Å². The van der Waals surface area contributed by atoms with Crippen molar-refractivity contribution < 1.29 is 4.52 Å². The second-order valence-corrected chi connectivity index (χ2v) is 5.34. The lowest BCUT2D eigenvalue weighted by atomic mass is 9.95. The first-order valence-electron chi connectivity index (χ1n) is 5.41. The lowest BCUT2D eigenvalue weighted by molar-refractivity contribution is 0.280. The van der Waals surface area contributed by atoms with E-state index in [-0.39, 0.29) is 17.8 Å². The minimum atomic E-state index is -0.509. The highest BCUT2D eigenvalue weighted by Gasteiger charge is 2.30. The van der Waals surface area contributed by atoms with E-state index in [9.17, 15) is 0 Å². The summed E-state index contributed by atoms with van der Waals surface area (Å²) in [5.74, 6) is 1.25. The number of nitrogens with zero attached hydrogens (tertiary/aromatic N) is 2.